The number of hydrogen-bond donors (Lipinski definition) is 2. The molecule has 1 fully saturated rings. The molecule has 24 heavy (non-hydrogen) atoms. The molecule has 4 nitrogen and oxygen atoms in total. The second-order valence-corrected chi connectivity index (χ2v) is 6.27. The lowest BCUT2D eigenvalue weighted by Crippen LogP contribution is -2.37. The van der Waals surface area contributed by atoms with E-state index in [0.717, 1.165) is 42.9 Å². The predicted octanol–water partition coefficient (Wildman–Crippen LogP) is 4.48. The Bertz CT molecular complexity index is 695. The maximum atomic E-state index is 12.0. The van der Waals surface area contributed by atoms with Crippen LogP contribution in [0.15, 0.2) is 54.6 Å². The van der Waals surface area contributed by atoms with Crippen molar-refractivity contribution in [2.75, 3.05) is 5.32 Å². The summed E-state index contributed by atoms with van der Waals surface area (Å²) in [6.45, 7) is 0. The molecule has 0 aliphatic heterocycles. The normalized spacial score (nSPS) is 14.2. The number of nitrogens with one attached hydrogen (secondary N) is 2. The Balaban J connectivity index is 1.52. The molecule has 1 amide bonds. The van der Waals surface area contributed by atoms with Crippen LogP contribution in [0, 0.1) is 5.92 Å². The highest BCUT2D eigenvalue weighted by atomic mass is 32.1. The van der Waals surface area contributed by atoms with Gasteiger partial charge in [-0.2, -0.15) is 0 Å². The van der Waals surface area contributed by atoms with Gasteiger partial charge in [-0.25, -0.2) is 0 Å². The van der Waals surface area contributed by atoms with E-state index < -0.39 is 0 Å². The molecule has 1 aliphatic rings. The predicted molar refractivity (Wildman–Crippen MR) is 99.3 cm³/mol. The Morgan fingerprint density at radius 2 is 1.58 bits per heavy atom. The van der Waals surface area contributed by atoms with Gasteiger partial charge in [-0.3, -0.25) is 4.79 Å². The Labute approximate surface area is 147 Å². The molecule has 2 aromatic carbocycles. The molecule has 3 rings (SSSR count). The van der Waals surface area contributed by atoms with Crippen LogP contribution in [0.3, 0.4) is 0 Å². The van der Waals surface area contributed by atoms with Crippen molar-refractivity contribution in [1.82, 2.24) is 5.32 Å². The van der Waals surface area contributed by atoms with Crippen LogP contribution in [0.1, 0.15) is 25.7 Å². The van der Waals surface area contributed by atoms with Crippen LogP contribution in [0.5, 0.6) is 11.5 Å². The zero-order valence-electron chi connectivity index (χ0n) is 13.3. The molecule has 0 atom stereocenters. The molecule has 2 N–H and O–H groups in total. The number of ether oxygens (including phenoxy) is 1. The fourth-order valence-corrected chi connectivity index (χ4v) is 3.01. The van der Waals surface area contributed by atoms with Gasteiger partial charge in [-0.15, -0.1) is 0 Å². The molecule has 5 heteroatoms. The Morgan fingerprint density at radius 3 is 2.25 bits per heavy atom. The summed E-state index contributed by atoms with van der Waals surface area (Å²) in [6, 6.07) is 17.1. The van der Waals surface area contributed by atoms with E-state index in [1.54, 1.807) is 0 Å². The SMILES string of the molecule is O=C(NC(=S)Nc1ccc(Oc2ccccc2)cc1)C1CCCC1. The molecule has 0 radical (unpaired) electrons. The first-order valence-corrected chi connectivity index (χ1v) is 8.56. The number of hydrogen-bond acceptors (Lipinski definition) is 3. The zero-order valence-corrected chi connectivity index (χ0v) is 14.1. The number of para-hydroxylation sites is 1. The Hall–Kier alpha value is -2.40. The van der Waals surface area contributed by atoms with E-state index in [-0.39, 0.29) is 11.8 Å². The Kier molecular flexibility index (Phi) is 5.43. The van der Waals surface area contributed by atoms with Crippen LogP contribution in [0.4, 0.5) is 5.69 Å². The second kappa shape index (κ2) is 7.93. The van der Waals surface area contributed by atoms with Gasteiger partial charge in [0.1, 0.15) is 11.5 Å². The molecule has 1 aliphatic carbocycles. The molecule has 2 aromatic rings. The minimum Gasteiger partial charge on any atom is -0.457 e. The van der Waals surface area contributed by atoms with E-state index in [1.165, 1.54) is 0 Å². The standard InChI is InChI=1S/C19H20N2O2S/c22-18(14-6-4-5-7-14)21-19(24)20-15-10-12-17(13-11-15)23-16-8-2-1-3-9-16/h1-3,8-14H,4-7H2,(H2,20,21,22,24). The average molecular weight is 340 g/mol. The van der Waals surface area contributed by atoms with Gasteiger partial charge in [0.05, 0.1) is 0 Å². The van der Waals surface area contributed by atoms with E-state index in [2.05, 4.69) is 10.6 Å². The van der Waals surface area contributed by atoms with Crippen molar-refractivity contribution in [1.29, 1.82) is 0 Å². The van der Waals surface area contributed by atoms with Crippen molar-refractivity contribution in [3.63, 3.8) is 0 Å². The first kappa shape index (κ1) is 16.5. The summed E-state index contributed by atoms with van der Waals surface area (Å²) in [5.74, 6) is 1.66. The minimum absolute atomic E-state index is 0.0223. The third-order valence-electron chi connectivity index (χ3n) is 4.05. The summed E-state index contributed by atoms with van der Waals surface area (Å²) < 4.78 is 5.74. The number of carbonyl (C=O) groups excluding carboxylic acids is 1. The third kappa shape index (κ3) is 4.55. The summed E-state index contributed by atoms with van der Waals surface area (Å²) in [4.78, 5) is 12.0. The number of anilines is 1. The summed E-state index contributed by atoms with van der Waals surface area (Å²) in [6.07, 6.45) is 4.17. The maximum Gasteiger partial charge on any atom is 0.229 e. The molecular weight excluding hydrogens is 320 g/mol. The van der Waals surface area contributed by atoms with Crippen LogP contribution in [0.25, 0.3) is 0 Å². The zero-order chi connectivity index (χ0) is 16.8. The topological polar surface area (TPSA) is 50.4 Å². The van der Waals surface area contributed by atoms with Crippen molar-refractivity contribution < 1.29 is 9.53 Å². The van der Waals surface area contributed by atoms with E-state index in [9.17, 15) is 4.79 Å². The lowest BCUT2D eigenvalue weighted by molar-refractivity contribution is -0.123. The second-order valence-electron chi connectivity index (χ2n) is 5.86. The molecule has 0 saturated heterocycles. The van der Waals surface area contributed by atoms with Crippen LogP contribution in [-0.2, 0) is 4.79 Å². The van der Waals surface area contributed by atoms with Gasteiger partial charge in [0, 0.05) is 11.6 Å². The molecule has 0 spiro atoms. The first-order valence-electron chi connectivity index (χ1n) is 8.15. The van der Waals surface area contributed by atoms with Gasteiger partial charge >= 0.3 is 0 Å². The first-order chi connectivity index (χ1) is 11.7. The highest BCUT2D eigenvalue weighted by molar-refractivity contribution is 7.80. The van der Waals surface area contributed by atoms with E-state index in [0.29, 0.717) is 5.11 Å². The molecule has 0 unspecified atom stereocenters. The highest BCUT2D eigenvalue weighted by Crippen LogP contribution is 2.25. The maximum absolute atomic E-state index is 12.0. The van der Waals surface area contributed by atoms with Crippen LogP contribution >= 0.6 is 12.2 Å². The summed E-state index contributed by atoms with van der Waals surface area (Å²) in [5.41, 5.74) is 0.812. The minimum atomic E-state index is 0.0223. The molecule has 1 saturated carbocycles. The van der Waals surface area contributed by atoms with E-state index in [4.69, 9.17) is 17.0 Å². The fourth-order valence-electron chi connectivity index (χ4n) is 2.80. The van der Waals surface area contributed by atoms with Gasteiger partial charge < -0.3 is 15.4 Å². The van der Waals surface area contributed by atoms with E-state index >= 15 is 0 Å². The van der Waals surface area contributed by atoms with Gasteiger partial charge in [0.15, 0.2) is 5.11 Å². The summed E-state index contributed by atoms with van der Waals surface area (Å²) in [7, 11) is 0. The summed E-state index contributed by atoms with van der Waals surface area (Å²) in [5, 5.41) is 6.14. The number of thiocarbonyl (C=S) groups is 1. The van der Waals surface area contributed by atoms with Gasteiger partial charge in [-0.05, 0) is 61.5 Å². The van der Waals surface area contributed by atoms with Crippen LogP contribution in [0.2, 0.25) is 0 Å². The summed E-state index contributed by atoms with van der Waals surface area (Å²) >= 11 is 5.21. The van der Waals surface area contributed by atoms with E-state index in [1.807, 2.05) is 54.6 Å². The number of carbonyl (C=O) groups is 1. The highest BCUT2D eigenvalue weighted by Gasteiger charge is 2.23. The number of rotatable bonds is 4. The molecule has 0 aromatic heterocycles. The van der Waals surface area contributed by atoms with Crippen molar-refractivity contribution in [2.24, 2.45) is 5.92 Å². The molecule has 124 valence electrons. The average Bonchev–Trinajstić information content (AvgIpc) is 3.12. The fraction of sp³-hybridized carbons (Fsp3) is 0.263. The van der Waals surface area contributed by atoms with Gasteiger partial charge in [0.2, 0.25) is 5.91 Å². The van der Waals surface area contributed by atoms with Crippen LogP contribution in [-0.4, -0.2) is 11.0 Å². The smallest absolute Gasteiger partial charge is 0.229 e. The largest absolute Gasteiger partial charge is 0.457 e. The monoisotopic (exact) mass is 340 g/mol. The molecule has 0 heterocycles. The van der Waals surface area contributed by atoms with Crippen molar-refractivity contribution in [2.45, 2.75) is 25.7 Å². The lowest BCUT2D eigenvalue weighted by Gasteiger charge is -2.13. The Morgan fingerprint density at radius 1 is 0.958 bits per heavy atom. The van der Waals surface area contributed by atoms with Crippen molar-refractivity contribution in [3.05, 3.63) is 54.6 Å². The van der Waals surface area contributed by atoms with Crippen molar-refractivity contribution >= 4 is 28.9 Å². The quantitative estimate of drug-likeness (QED) is 0.806. The lowest BCUT2D eigenvalue weighted by atomic mass is 10.1. The number of benzene rings is 2. The molecular formula is C19H20N2O2S. The molecule has 0 bridgehead atoms. The van der Waals surface area contributed by atoms with Crippen LogP contribution < -0.4 is 15.4 Å². The van der Waals surface area contributed by atoms with Crippen molar-refractivity contribution in [3.8, 4) is 11.5 Å². The third-order valence-corrected chi connectivity index (χ3v) is 4.26. The van der Waals surface area contributed by atoms with Gasteiger partial charge in [0.25, 0.3) is 0 Å². The van der Waals surface area contributed by atoms with Gasteiger partial charge in [-0.1, -0.05) is 31.0 Å². The number of amides is 1.